The number of aromatic nitrogens is 2. The van der Waals surface area contributed by atoms with Crippen molar-refractivity contribution in [3.8, 4) is 5.69 Å². The quantitative estimate of drug-likeness (QED) is 0.777. The van der Waals surface area contributed by atoms with E-state index in [1.165, 1.54) is 0 Å². The summed E-state index contributed by atoms with van der Waals surface area (Å²) < 4.78 is 1.14. The number of rotatable bonds is 1. The fraction of sp³-hybridized carbons (Fsp3) is 0.167. The molecule has 4 heteroatoms. The van der Waals surface area contributed by atoms with E-state index in [4.69, 9.17) is 0 Å². The number of hydrogen-bond acceptors (Lipinski definition) is 2. The number of benzene rings is 1. The highest BCUT2D eigenvalue weighted by molar-refractivity contribution is 5.32. The van der Waals surface area contributed by atoms with Crippen LogP contribution in [0.5, 0.6) is 0 Å². The molecular formula is C12H12N2O2. The Morgan fingerprint density at radius 2 is 1.69 bits per heavy atom. The Morgan fingerprint density at radius 3 is 2.31 bits per heavy atom. The van der Waals surface area contributed by atoms with Gasteiger partial charge < -0.3 is 4.98 Å². The van der Waals surface area contributed by atoms with Crippen molar-refractivity contribution in [2.24, 2.45) is 0 Å². The largest absolute Gasteiger partial charge is 0.333 e. The van der Waals surface area contributed by atoms with Crippen LogP contribution in [0.2, 0.25) is 0 Å². The summed E-state index contributed by atoms with van der Waals surface area (Å²) in [6, 6.07) is 8.87. The lowest BCUT2D eigenvalue weighted by Crippen LogP contribution is -2.35. The van der Waals surface area contributed by atoms with Crippen molar-refractivity contribution >= 4 is 0 Å². The Kier molecular flexibility index (Phi) is 2.48. The predicted octanol–water partition coefficient (Wildman–Crippen LogP) is 1.14. The van der Waals surface area contributed by atoms with Gasteiger partial charge in [-0.25, -0.2) is 9.36 Å². The first-order chi connectivity index (χ1) is 7.61. The molecule has 0 aliphatic heterocycles. The Bertz CT molecular complexity index is 624. The summed E-state index contributed by atoms with van der Waals surface area (Å²) in [5.74, 6) is 0. The average Bonchev–Trinajstić information content (AvgIpc) is 2.28. The number of aromatic amines is 1. The maximum atomic E-state index is 12.0. The summed E-state index contributed by atoms with van der Waals surface area (Å²) in [7, 11) is 0. The summed E-state index contributed by atoms with van der Waals surface area (Å²) in [6.07, 6.45) is 0. The Morgan fingerprint density at radius 1 is 1.06 bits per heavy atom. The van der Waals surface area contributed by atoms with E-state index in [1.807, 2.05) is 6.07 Å². The first-order valence-electron chi connectivity index (χ1n) is 4.99. The third-order valence-corrected chi connectivity index (χ3v) is 2.60. The second kappa shape index (κ2) is 3.81. The average molecular weight is 216 g/mol. The minimum absolute atomic E-state index is 0.271. The molecule has 4 nitrogen and oxygen atoms in total. The molecule has 0 saturated carbocycles. The predicted molar refractivity (Wildman–Crippen MR) is 62.1 cm³/mol. The number of hydrogen-bond donors (Lipinski definition) is 1. The fourth-order valence-electron chi connectivity index (χ4n) is 1.54. The summed E-state index contributed by atoms with van der Waals surface area (Å²) in [6.45, 7) is 3.42. The van der Waals surface area contributed by atoms with Gasteiger partial charge in [0, 0.05) is 11.3 Å². The lowest BCUT2D eigenvalue weighted by Gasteiger charge is -2.06. The number of nitrogens with one attached hydrogen (secondary N) is 1. The van der Waals surface area contributed by atoms with Crippen molar-refractivity contribution in [2.75, 3.05) is 0 Å². The second-order valence-corrected chi connectivity index (χ2v) is 3.66. The molecule has 0 unspecified atom stereocenters. The van der Waals surface area contributed by atoms with E-state index in [0.29, 0.717) is 16.9 Å². The van der Waals surface area contributed by atoms with Crippen LogP contribution in [0.3, 0.4) is 0 Å². The number of H-pyrrole nitrogens is 1. The van der Waals surface area contributed by atoms with Gasteiger partial charge in [0.1, 0.15) is 0 Å². The molecule has 0 atom stereocenters. The molecule has 1 aromatic heterocycles. The van der Waals surface area contributed by atoms with Gasteiger partial charge in [-0.15, -0.1) is 0 Å². The minimum atomic E-state index is -0.403. The van der Waals surface area contributed by atoms with Crippen LogP contribution >= 0.6 is 0 Å². The van der Waals surface area contributed by atoms with Crippen LogP contribution in [-0.2, 0) is 0 Å². The molecule has 2 rings (SSSR count). The monoisotopic (exact) mass is 216 g/mol. The van der Waals surface area contributed by atoms with Gasteiger partial charge in [-0.3, -0.25) is 4.79 Å². The molecule has 2 aromatic rings. The molecule has 0 aliphatic rings. The zero-order valence-corrected chi connectivity index (χ0v) is 9.15. The van der Waals surface area contributed by atoms with Gasteiger partial charge in [0.2, 0.25) is 0 Å². The number of nitrogens with zero attached hydrogens (tertiary/aromatic N) is 1. The zero-order chi connectivity index (χ0) is 11.7. The van der Waals surface area contributed by atoms with Crippen LogP contribution in [0.15, 0.2) is 39.9 Å². The molecule has 1 aromatic carbocycles. The van der Waals surface area contributed by atoms with Crippen molar-refractivity contribution < 1.29 is 0 Å². The van der Waals surface area contributed by atoms with Gasteiger partial charge in [0.25, 0.3) is 5.56 Å². The maximum absolute atomic E-state index is 12.0. The second-order valence-electron chi connectivity index (χ2n) is 3.66. The van der Waals surface area contributed by atoms with Crippen molar-refractivity contribution in [2.45, 2.75) is 13.8 Å². The van der Waals surface area contributed by atoms with Gasteiger partial charge in [0.15, 0.2) is 0 Å². The van der Waals surface area contributed by atoms with Crippen LogP contribution in [0.4, 0.5) is 0 Å². The smallest absolute Gasteiger partial charge is 0.311 e. The van der Waals surface area contributed by atoms with Crippen LogP contribution in [0, 0.1) is 13.8 Å². The molecule has 16 heavy (non-hydrogen) atoms. The highest BCUT2D eigenvalue weighted by Crippen LogP contribution is 2.01. The molecule has 0 aliphatic carbocycles. The Hall–Kier alpha value is -2.10. The summed E-state index contributed by atoms with van der Waals surface area (Å²) in [5, 5.41) is 0. The van der Waals surface area contributed by atoms with E-state index in [2.05, 4.69) is 4.98 Å². The van der Waals surface area contributed by atoms with Gasteiger partial charge in [-0.05, 0) is 26.0 Å². The number of para-hydroxylation sites is 1. The molecule has 1 N–H and O–H groups in total. The lowest BCUT2D eigenvalue weighted by molar-refractivity contribution is 0.840. The first kappa shape index (κ1) is 10.4. The van der Waals surface area contributed by atoms with Crippen molar-refractivity contribution in [3.63, 3.8) is 0 Å². The van der Waals surface area contributed by atoms with E-state index >= 15 is 0 Å². The number of aryl methyl sites for hydroxylation is 1. The van der Waals surface area contributed by atoms with E-state index < -0.39 is 5.69 Å². The Balaban J connectivity index is 2.82. The molecule has 1 heterocycles. The highest BCUT2D eigenvalue weighted by atomic mass is 16.2. The standard InChI is InChI=1S/C12H12N2O2/c1-8-9(2)13-12(16)14(11(8)15)10-6-4-3-5-7-10/h3-7H,1-2H3,(H,13,16). The molecule has 0 spiro atoms. The highest BCUT2D eigenvalue weighted by Gasteiger charge is 2.08. The molecule has 0 fully saturated rings. The van der Waals surface area contributed by atoms with Crippen LogP contribution in [-0.4, -0.2) is 9.55 Å². The third kappa shape index (κ3) is 1.58. The SMILES string of the molecule is Cc1[nH]c(=O)n(-c2ccccc2)c(=O)c1C. The van der Waals surface area contributed by atoms with Crippen LogP contribution in [0.1, 0.15) is 11.3 Å². The topological polar surface area (TPSA) is 54.9 Å². The molecule has 0 radical (unpaired) electrons. The molecule has 82 valence electrons. The zero-order valence-electron chi connectivity index (χ0n) is 9.15. The molecule has 0 saturated heterocycles. The van der Waals surface area contributed by atoms with E-state index in [-0.39, 0.29) is 5.56 Å². The Labute approximate surface area is 92.2 Å². The summed E-state index contributed by atoms with van der Waals surface area (Å²) in [4.78, 5) is 26.3. The van der Waals surface area contributed by atoms with Crippen molar-refractivity contribution in [1.82, 2.24) is 9.55 Å². The van der Waals surface area contributed by atoms with Crippen LogP contribution in [0.25, 0.3) is 5.69 Å². The van der Waals surface area contributed by atoms with E-state index in [0.717, 1.165) is 4.57 Å². The van der Waals surface area contributed by atoms with E-state index in [9.17, 15) is 9.59 Å². The van der Waals surface area contributed by atoms with Gasteiger partial charge >= 0.3 is 5.69 Å². The normalized spacial score (nSPS) is 10.4. The molecular weight excluding hydrogens is 204 g/mol. The van der Waals surface area contributed by atoms with Crippen molar-refractivity contribution in [1.29, 1.82) is 0 Å². The molecule has 0 amide bonds. The van der Waals surface area contributed by atoms with Gasteiger partial charge in [-0.2, -0.15) is 0 Å². The first-order valence-corrected chi connectivity index (χ1v) is 4.99. The summed E-state index contributed by atoms with van der Waals surface area (Å²) >= 11 is 0. The third-order valence-electron chi connectivity index (χ3n) is 2.60. The summed E-state index contributed by atoms with van der Waals surface area (Å²) in [5.41, 5.74) is 1.08. The lowest BCUT2D eigenvalue weighted by atomic mass is 10.2. The molecule has 0 bridgehead atoms. The minimum Gasteiger partial charge on any atom is -0.311 e. The maximum Gasteiger partial charge on any atom is 0.333 e. The van der Waals surface area contributed by atoms with Gasteiger partial charge in [-0.1, -0.05) is 18.2 Å². The van der Waals surface area contributed by atoms with Crippen LogP contribution < -0.4 is 11.2 Å². The van der Waals surface area contributed by atoms with Crippen molar-refractivity contribution in [3.05, 3.63) is 62.4 Å². The fourth-order valence-corrected chi connectivity index (χ4v) is 1.54. The van der Waals surface area contributed by atoms with Gasteiger partial charge in [0.05, 0.1) is 5.69 Å². The van der Waals surface area contributed by atoms with E-state index in [1.54, 1.807) is 38.1 Å².